The molecule has 0 radical (unpaired) electrons. The van der Waals surface area contributed by atoms with Gasteiger partial charge in [-0.05, 0) is 65.5 Å². The number of carbonyl (C=O) groups excluding carboxylic acids is 1. The Morgan fingerprint density at radius 3 is 2.51 bits per heavy atom. The third-order valence-electron chi connectivity index (χ3n) is 6.26. The summed E-state index contributed by atoms with van der Waals surface area (Å²) in [5.74, 6) is -1.68. The van der Waals surface area contributed by atoms with Crippen molar-refractivity contribution in [2.75, 3.05) is 11.1 Å². The zero-order chi connectivity index (χ0) is 28.6. The summed E-state index contributed by atoms with van der Waals surface area (Å²) < 4.78 is 36.5. The van der Waals surface area contributed by atoms with Gasteiger partial charge >= 0.3 is 12.2 Å². The molecule has 1 aliphatic rings. The average molecular weight is 543 g/mol. The molecule has 3 aromatic rings. The number of fused-ring (bicyclic) bond motifs is 1. The third kappa shape index (κ3) is 5.94. The van der Waals surface area contributed by atoms with Crippen LogP contribution in [0.15, 0.2) is 24.4 Å². The topological polar surface area (TPSA) is 144 Å². The molecular weight excluding hydrogens is 510 g/mol. The van der Waals surface area contributed by atoms with Crippen LogP contribution in [0.5, 0.6) is 0 Å². The van der Waals surface area contributed by atoms with Crippen LogP contribution in [-0.2, 0) is 4.74 Å². The summed E-state index contributed by atoms with van der Waals surface area (Å²) in [5.41, 5.74) is 6.56. The first-order valence-corrected chi connectivity index (χ1v) is 12.6. The predicted molar refractivity (Wildman–Crippen MR) is 144 cm³/mol. The maximum atomic E-state index is 15.0. The first-order valence-electron chi connectivity index (χ1n) is 12.6. The number of amides is 2. The van der Waals surface area contributed by atoms with E-state index in [4.69, 9.17) is 10.5 Å². The van der Waals surface area contributed by atoms with Gasteiger partial charge in [0.15, 0.2) is 0 Å². The van der Waals surface area contributed by atoms with Crippen molar-refractivity contribution in [3.8, 4) is 11.3 Å². The van der Waals surface area contributed by atoms with E-state index >= 15 is 4.39 Å². The fraction of sp³-hybridized carbons (Fsp3) is 0.407. The van der Waals surface area contributed by atoms with Gasteiger partial charge in [-0.15, -0.1) is 0 Å². The molecule has 0 bridgehead atoms. The molecule has 4 rings (SSSR count). The van der Waals surface area contributed by atoms with Crippen molar-refractivity contribution in [3.63, 3.8) is 0 Å². The molecule has 1 atom stereocenters. The SMILES string of the molecule is CC(C)n1nc(-c2cc(F)c(N)cc2F)c2c(NC(=O)O)ncc(C3=CCC(NC(=O)OC(C)(C)C)CC3)c21. The molecular formula is C27H32F2N6O4. The van der Waals surface area contributed by atoms with Gasteiger partial charge in [0.2, 0.25) is 0 Å². The Balaban J connectivity index is 1.83. The molecule has 12 heteroatoms. The van der Waals surface area contributed by atoms with Crippen LogP contribution in [0.4, 0.5) is 29.9 Å². The minimum Gasteiger partial charge on any atom is -0.465 e. The van der Waals surface area contributed by atoms with Gasteiger partial charge in [-0.1, -0.05) is 6.08 Å². The molecule has 0 spiro atoms. The monoisotopic (exact) mass is 542 g/mol. The number of nitrogen functional groups attached to an aromatic ring is 1. The van der Waals surface area contributed by atoms with Gasteiger partial charge in [0.1, 0.15) is 28.7 Å². The molecule has 1 unspecified atom stereocenters. The van der Waals surface area contributed by atoms with Gasteiger partial charge in [-0.25, -0.2) is 23.4 Å². The summed E-state index contributed by atoms with van der Waals surface area (Å²) in [6, 6.07) is 1.47. The zero-order valence-electron chi connectivity index (χ0n) is 22.4. The van der Waals surface area contributed by atoms with Gasteiger partial charge in [0.05, 0.1) is 16.6 Å². The van der Waals surface area contributed by atoms with Crippen molar-refractivity contribution in [1.82, 2.24) is 20.1 Å². The molecule has 0 saturated carbocycles. The highest BCUT2D eigenvalue weighted by Gasteiger charge is 2.28. The number of carbonyl (C=O) groups is 2. The number of nitrogens with zero attached hydrogens (tertiary/aromatic N) is 3. The lowest BCUT2D eigenvalue weighted by Gasteiger charge is -2.26. The van der Waals surface area contributed by atoms with E-state index in [1.807, 2.05) is 19.9 Å². The van der Waals surface area contributed by atoms with E-state index in [9.17, 15) is 19.1 Å². The van der Waals surface area contributed by atoms with Crippen LogP contribution in [0.25, 0.3) is 27.7 Å². The minimum atomic E-state index is -1.36. The maximum absolute atomic E-state index is 15.0. The lowest BCUT2D eigenvalue weighted by molar-refractivity contribution is 0.0501. The summed E-state index contributed by atoms with van der Waals surface area (Å²) >= 11 is 0. The minimum absolute atomic E-state index is 0.0362. The normalized spacial score (nSPS) is 15.8. The van der Waals surface area contributed by atoms with Gasteiger partial charge in [-0.2, -0.15) is 5.10 Å². The number of hydrogen-bond donors (Lipinski definition) is 4. The Kier molecular flexibility index (Phi) is 7.49. The molecule has 5 N–H and O–H groups in total. The van der Waals surface area contributed by atoms with Crippen LogP contribution >= 0.6 is 0 Å². The van der Waals surface area contributed by atoms with Gasteiger partial charge in [0, 0.05) is 35.5 Å². The molecule has 0 aliphatic heterocycles. The molecule has 208 valence electrons. The van der Waals surface area contributed by atoms with E-state index in [1.54, 1.807) is 31.6 Å². The second-order valence-electron chi connectivity index (χ2n) is 10.8. The molecule has 1 aromatic carbocycles. The number of allylic oxidation sites excluding steroid dienone is 1. The molecule has 1 aliphatic carbocycles. The largest absolute Gasteiger partial charge is 0.465 e. The number of halogens is 2. The second kappa shape index (κ2) is 10.5. The highest BCUT2D eigenvalue weighted by Crippen LogP contribution is 2.41. The number of ether oxygens (including phenoxy) is 1. The second-order valence-corrected chi connectivity index (χ2v) is 10.8. The number of anilines is 2. The summed E-state index contributed by atoms with van der Waals surface area (Å²) in [6.07, 6.45) is 3.41. The Morgan fingerprint density at radius 2 is 1.92 bits per heavy atom. The summed E-state index contributed by atoms with van der Waals surface area (Å²) in [4.78, 5) is 28.1. The number of nitrogens with two attached hydrogens (primary N) is 1. The van der Waals surface area contributed by atoms with Crippen molar-refractivity contribution in [2.45, 2.75) is 71.6 Å². The van der Waals surface area contributed by atoms with Crippen LogP contribution in [0.1, 0.15) is 65.5 Å². The molecule has 0 saturated heterocycles. The Labute approximate surface area is 224 Å². The van der Waals surface area contributed by atoms with Crippen molar-refractivity contribution >= 4 is 40.2 Å². The molecule has 2 aromatic heterocycles. The number of pyridine rings is 1. The van der Waals surface area contributed by atoms with E-state index < -0.39 is 29.4 Å². The van der Waals surface area contributed by atoms with Crippen molar-refractivity contribution in [2.24, 2.45) is 0 Å². The Morgan fingerprint density at radius 1 is 1.21 bits per heavy atom. The first kappa shape index (κ1) is 27.8. The number of carboxylic acid groups (broad SMARTS) is 1. The third-order valence-corrected chi connectivity index (χ3v) is 6.26. The maximum Gasteiger partial charge on any atom is 0.410 e. The van der Waals surface area contributed by atoms with Gasteiger partial charge < -0.3 is 20.9 Å². The van der Waals surface area contributed by atoms with E-state index in [-0.39, 0.29) is 40.2 Å². The van der Waals surface area contributed by atoms with E-state index in [1.165, 1.54) is 0 Å². The molecule has 10 nitrogen and oxygen atoms in total. The predicted octanol–water partition coefficient (Wildman–Crippen LogP) is 6.09. The molecule has 0 fully saturated rings. The van der Waals surface area contributed by atoms with Crippen molar-refractivity contribution in [1.29, 1.82) is 0 Å². The number of nitrogens with one attached hydrogen (secondary N) is 2. The van der Waals surface area contributed by atoms with Crippen molar-refractivity contribution < 1.29 is 28.2 Å². The lowest BCUT2D eigenvalue weighted by Crippen LogP contribution is -2.39. The quantitative estimate of drug-likeness (QED) is 0.286. The number of aromatic nitrogens is 3. The Hall–Kier alpha value is -4.22. The summed E-state index contributed by atoms with van der Waals surface area (Å²) in [6.45, 7) is 9.14. The van der Waals surface area contributed by atoms with E-state index in [0.29, 0.717) is 30.3 Å². The zero-order valence-corrected chi connectivity index (χ0v) is 22.4. The van der Waals surface area contributed by atoms with Gasteiger partial charge in [0.25, 0.3) is 0 Å². The number of hydrogen-bond acceptors (Lipinski definition) is 6. The van der Waals surface area contributed by atoms with Crippen LogP contribution in [0, 0.1) is 11.6 Å². The van der Waals surface area contributed by atoms with Crippen LogP contribution < -0.4 is 16.4 Å². The first-order chi connectivity index (χ1) is 18.2. The molecule has 2 amide bonds. The highest BCUT2D eigenvalue weighted by atomic mass is 19.1. The molecule has 2 heterocycles. The smallest absolute Gasteiger partial charge is 0.410 e. The van der Waals surface area contributed by atoms with Crippen LogP contribution in [0.3, 0.4) is 0 Å². The lowest BCUT2D eigenvalue weighted by atomic mass is 9.90. The molecule has 39 heavy (non-hydrogen) atoms. The highest BCUT2D eigenvalue weighted by molar-refractivity contribution is 6.08. The standard InChI is InChI=1S/C27H32F2N6O4/c1-13(2)35-23-17(14-6-8-15(9-7-14)32-26(38)39-27(3,4)5)12-31-24(33-25(36)37)21(23)22(34-35)16-10-19(29)20(30)11-18(16)28/h6,10-13,15H,7-9,30H2,1-5H3,(H,31,33)(H,32,38)(H,36,37). The van der Waals surface area contributed by atoms with Crippen LogP contribution in [-0.4, -0.2) is 43.7 Å². The van der Waals surface area contributed by atoms with E-state index in [2.05, 4.69) is 20.7 Å². The fourth-order valence-corrected chi connectivity index (χ4v) is 4.59. The van der Waals surface area contributed by atoms with E-state index in [0.717, 1.165) is 17.7 Å². The number of rotatable bonds is 5. The summed E-state index contributed by atoms with van der Waals surface area (Å²) in [5, 5.41) is 19.4. The number of alkyl carbamates (subject to hydrolysis) is 1. The van der Waals surface area contributed by atoms with Crippen molar-refractivity contribution in [3.05, 3.63) is 41.6 Å². The van der Waals surface area contributed by atoms with Gasteiger partial charge in [-0.3, -0.25) is 10.00 Å². The Bertz CT molecular complexity index is 1480. The summed E-state index contributed by atoms with van der Waals surface area (Å²) in [7, 11) is 0. The fourth-order valence-electron chi connectivity index (χ4n) is 4.59. The number of benzene rings is 1. The van der Waals surface area contributed by atoms with Crippen LogP contribution in [0.2, 0.25) is 0 Å². The average Bonchev–Trinajstić information content (AvgIpc) is 3.22.